The molecule has 1 saturated carbocycles. The highest BCUT2D eigenvalue weighted by Gasteiger charge is 2.28. The number of nitrogens with one attached hydrogen (secondary N) is 1. The normalized spacial score (nSPS) is 17.9. The molecule has 4 aromatic rings. The highest BCUT2D eigenvalue weighted by atomic mass is 35.5. The molecule has 0 spiro atoms. The summed E-state index contributed by atoms with van der Waals surface area (Å²) in [6, 6.07) is 11.9. The van der Waals surface area contributed by atoms with E-state index in [0.29, 0.717) is 44.7 Å². The number of ether oxygens (including phenoxy) is 1. The van der Waals surface area contributed by atoms with Gasteiger partial charge in [-0.15, -0.1) is 0 Å². The Hall–Kier alpha value is -3.65. The predicted octanol–water partition coefficient (Wildman–Crippen LogP) is 5.05. The summed E-state index contributed by atoms with van der Waals surface area (Å²) in [4.78, 5) is 38.2. The fourth-order valence-electron chi connectivity index (χ4n) is 5.26. The van der Waals surface area contributed by atoms with Gasteiger partial charge in [0.1, 0.15) is 16.7 Å². The van der Waals surface area contributed by atoms with Crippen molar-refractivity contribution in [2.45, 2.75) is 38.6 Å². The number of carbonyl (C=O) groups excluding carboxylic acids is 2. The van der Waals surface area contributed by atoms with Crippen LogP contribution in [0.3, 0.4) is 0 Å². The lowest BCUT2D eigenvalue weighted by molar-refractivity contribution is 0.0600. The molecular formula is C27H26ClN3O5. The van der Waals surface area contributed by atoms with Crippen molar-refractivity contribution in [1.82, 2.24) is 15.0 Å². The largest absolute Gasteiger partial charge is 0.465 e. The number of aryl methyl sites for hydroxylation is 1. The van der Waals surface area contributed by atoms with Crippen LogP contribution in [0.15, 0.2) is 51.8 Å². The Bertz CT molecular complexity index is 1540. The van der Waals surface area contributed by atoms with Gasteiger partial charge in [0.05, 0.1) is 23.2 Å². The number of hydrogen-bond donors (Lipinski definition) is 1. The molecule has 1 amide bonds. The number of halogens is 1. The predicted molar refractivity (Wildman–Crippen MR) is 137 cm³/mol. The summed E-state index contributed by atoms with van der Waals surface area (Å²) in [5, 5.41) is 8.81. The quantitative estimate of drug-likeness (QED) is 0.379. The third kappa shape index (κ3) is 4.26. The summed E-state index contributed by atoms with van der Waals surface area (Å²) < 4.78 is 11.9. The summed E-state index contributed by atoms with van der Waals surface area (Å²) in [7, 11) is 1.30. The average molecular weight is 508 g/mol. The van der Waals surface area contributed by atoms with E-state index in [9.17, 15) is 14.4 Å². The first kappa shape index (κ1) is 24.1. The van der Waals surface area contributed by atoms with Crippen molar-refractivity contribution in [3.05, 3.63) is 74.7 Å². The highest BCUT2D eigenvalue weighted by molar-refractivity contribution is 6.37. The van der Waals surface area contributed by atoms with E-state index in [0.717, 1.165) is 31.2 Å². The maximum Gasteiger partial charge on any atom is 0.337 e. The number of rotatable bonds is 5. The number of amides is 1. The number of nitrogens with zero attached hydrogens (tertiary/aromatic N) is 2. The lowest BCUT2D eigenvalue weighted by atomic mass is 9.85. The molecule has 2 aromatic carbocycles. The molecule has 1 aliphatic rings. The van der Waals surface area contributed by atoms with Gasteiger partial charge in [-0.05, 0) is 62.4 Å². The number of carbonyl (C=O) groups is 2. The third-order valence-electron chi connectivity index (χ3n) is 7.00. The second-order valence-electron chi connectivity index (χ2n) is 9.24. The van der Waals surface area contributed by atoms with Gasteiger partial charge in [0.15, 0.2) is 0 Å². The molecule has 0 bridgehead atoms. The molecule has 0 radical (unpaired) electrons. The van der Waals surface area contributed by atoms with E-state index in [1.165, 1.54) is 13.2 Å². The maximum atomic E-state index is 13.6. The van der Waals surface area contributed by atoms with Gasteiger partial charge >= 0.3 is 5.97 Å². The molecular weight excluding hydrogens is 482 g/mol. The van der Waals surface area contributed by atoms with E-state index in [2.05, 4.69) is 10.5 Å². The van der Waals surface area contributed by atoms with Crippen molar-refractivity contribution in [2.75, 3.05) is 13.7 Å². The summed E-state index contributed by atoms with van der Waals surface area (Å²) in [6.45, 7) is 2.21. The number of fused-ring (bicyclic) bond motifs is 3. The van der Waals surface area contributed by atoms with Crippen LogP contribution < -0.4 is 10.9 Å². The van der Waals surface area contributed by atoms with Gasteiger partial charge in [-0.25, -0.2) is 4.79 Å². The number of pyridine rings is 1. The molecule has 8 nitrogen and oxygen atoms in total. The van der Waals surface area contributed by atoms with Crippen molar-refractivity contribution in [1.29, 1.82) is 0 Å². The first-order valence-electron chi connectivity index (χ1n) is 11.9. The zero-order valence-electron chi connectivity index (χ0n) is 20.0. The van der Waals surface area contributed by atoms with Crippen LogP contribution in [-0.2, 0) is 4.74 Å². The van der Waals surface area contributed by atoms with Crippen LogP contribution in [-0.4, -0.2) is 35.3 Å². The molecule has 2 heterocycles. The fraction of sp³-hybridized carbons (Fsp3) is 0.333. The SMILES string of the molecule is COC(=O)c1cccc(C(=O)NCC2CCCC(n3c(=O)c4c(C)onc4c4c(Cl)cccc43)C2)c1. The lowest BCUT2D eigenvalue weighted by Crippen LogP contribution is -2.34. The molecule has 1 aliphatic carbocycles. The minimum Gasteiger partial charge on any atom is -0.465 e. The Labute approximate surface area is 212 Å². The Morgan fingerprint density at radius 1 is 1.17 bits per heavy atom. The van der Waals surface area contributed by atoms with Gasteiger partial charge in [0.25, 0.3) is 11.5 Å². The fourth-order valence-corrected chi connectivity index (χ4v) is 5.52. The molecule has 5 rings (SSSR count). The molecule has 1 fully saturated rings. The van der Waals surface area contributed by atoms with Crippen molar-refractivity contribution in [2.24, 2.45) is 5.92 Å². The number of aromatic nitrogens is 2. The van der Waals surface area contributed by atoms with Crippen LogP contribution in [0.1, 0.15) is 58.2 Å². The van der Waals surface area contributed by atoms with Crippen LogP contribution in [0.4, 0.5) is 0 Å². The van der Waals surface area contributed by atoms with Gasteiger partial charge < -0.3 is 19.1 Å². The first-order chi connectivity index (χ1) is 17.4. The van der Waals surface area contributed by atoms with Gasteiger partial charge in [0.2, 0.25) is 0 Å². The maximum absolute atomic E-state index is 13.6. The van der Waals surface area contributed by atoms with Crippen LogP contribution in [0, 0.1) is 12.8 Å². The van der Waals surface area contributed by atoms with Crippen LogP contribution in [0.25, 0.3) is 21.8 Å². The number of benzene rings is 2. The van der Waals surface area contributed by atoms with Crippen molar-refractivity contribution in [3.8, 4) is 0 Å². The van der Waals surface area contributed by atoms with Crippen molar-refractivity contribution >= 4 is 45.3 Å². The Morgan fingerprint density at radius 2 is 1.94 bits per heavy atom. The van der Waals surface area contributed by atoms with Gasteiger partial charge in [0, 0.05) is 23.5 Å². The second-order valence-corrected chi connectivity index (χ2v) is 9.65. The number of hydrogen-bond acceptors (Lipinski definition) is 6. The van der Waals surface area contributed by atoms with Crippen LogP contribution >= 0.6 is 11.6 Å². The molecule has 2 atom stereocenters. The molecule has 9 heteroatoms. The Morgan fingerprint density at radius 3 is 2.75 bits per heavy atom. The van der Waals surface area contributed by atoms with Gasteiger partial charge in [-0.3, -0.25) is 9.59 Å². The van der Waals surface area contributed by atoms with Crippen molar-refractivity contribution < 1.29 is 18.8 Å². The van der Waals surface area contributed by atoms with Crippen LogP contribution in [0.2, 0.25) is 5.02 Å². The summed E-state index contributed by atoms with van der Waals surface area (Å²) >= 11 is 6.55. The standard InChI is InChI=1S/C27H26ClN3O5/c1-15-22-24(30-36-15)23-20(28)10-5-11-21(23)31(26(22)33)19-9-3-6-16(12-19)14-29-25(32)17-7-4-8-18(13-17)27(34)35-2/h4-5,7-8,10-11,13,16,19H,3,6,9,12,14H2,1-2H3,(H,29,32). The van der Waals surface area contributed by atoms with E-state index in [-0.39, 0.29) is 23.4 Å². The molecule has 36 heavy (non-hydrogen) atoms. The lowest BCUT2D eigenvalue weighted by Gasteiger charge is -2.31. The van der Waals surface area contributed by atoms with Gasteiger partial charge in [-0.2, -0.15) is 0 Å². The minimum atomic E-state index is -0.488. The monoisotopic (exact) mass is 507 g/mol. The van der Waals surface area contributed by atoms with Crippen LogP contribution in [0.5, 0.6) is 0 Å². The number of esters is 1. The van der Waals surface area contributed by atoms with Crippen molar-refractivity contribution in [3.63, 3.8) is 0 Å². The van der Waals surface area contributed by atoms with E-state index >= 15 is 0 Å². The zero-order valence-corrected chi connectivity index (χ0v) is 20.8. The average Bonchev–Trinajstić information content (AvgIpc) is 3.28. The van der Waals surface area contributed by atoms with E-state index < -0.39 is 5.97 Å². The van der Waals surface area contributed by atoms with Gasteiger partial charge in [-0.1, -0.05) is 35.3 Å². The molecule has 0 saturated heterocycles. The zero-order chi connectivity index (χ0) is 25.4. The third-order valence-corrected chi connectivity index (χ3v) is 7.32. The Balaban J connectivity index is 1.39. The van der Waals surface area contributed by atoms with E-state index in [4.69, 9.17) is 20.9 Å². The topological polar surface area (TPSA) is 103 Å². The minimum absolute atomic E-state index is 0.0459. The second kappa shape index (κ2) is 9.78. The Kier molecular flexibility index (Phi) is 6.53. The van der Waals surface area contributed by atoms with E-state index in [1.807, 2.05) is 16.7 Å². The molecule has 1 N–H and O–H groups in total. The summed E-state index contributed by atoms with van der Waals surface area (Å²) in [5.41, 5.74) is 1.82. The highest BCUT2D eigenvalue weighted by Crippen LogP contribution is 2.36. The molecule has 2 aromatic heterocycles. The molecule has 2 unspecified atom stereocenters. The smallest absolute Gasteiger partial charge is 0.337 e. The summed E-state index contributed by atoms with van der Waals surface area (Å²) in [5.74, 6) is -0.0763. The summed E-state index contributed by atoms with van der Waals surface area (Å²) in [6.07, 6.45) is 3.46. The molecule has 186 valence electrons. The molecule has 0 aliphatic heterocycles. The first-order valence-corrected chi connectivity index (χ1v) is 12.3. The van der Waals surface area contributed by atoms with E-state index in [1.54, 1.807) is 31.2 Å². The number of methoxy groups -OCH3 is 1.